The van der Waals surface area contributed by atoms with Gasteiger partial charge < -0.3 is 0 Å². The maximum atomic E-state index is 14.5. The largest absolute Gasteiger partial charge is 0.288 e. The molecule has 0 amide bonds. The van der Waals surface area contributed by atoms with Crippen LogP contribution in [0, 0.1) is 0 Å². The second-order valence-electron chi connectivity index (χ2n) is 10.6. The van der Waals surface area contributed by atoms with Crippen molar-refractivity contribution in [3.05, 3.63) is 113 Å². The lowest BCUT2D eigenvalue weighted by Crippen LogP contribution is -2.19. The van der Waals surface area contributed by atoms with Gasteiger partial charge in [-0.3, -0.25) is 9.59 Å². The summed E-state index contributed by atoms with van der Waals surface area (Å²) in [6, 6.07) is 21.7. The van der Waals surface area contributed by atoms with Gasteiger partial charge in [-0.1, -0.05) is 70.7 Å². The van der Waals surface area contributed by atoms with E-state index in [2.05, 4.69) is 9.97 Å². The van der Waals surface area contributed by atoms with Crippen LogP contribution in [0.15, 0.2) is 82.4 Å². The highest BCUT2D eigenvalue weighted by Gasteiger charge is 2.32. The first-order valence-electron chi connectivity index (χ1n) is 13.1. The van der Waals surface area contributed by atoms with E-state index in [0.717, 1.165) is 32.6 Å². The van der Waals surface area contributed by atoms with Crippen LogP contribution in [0.4, 0.5) is 0 Å². The number of rotatable bonds is 0. The zero-order chi connectivity index (χ0) is 28.6. The number of fused-ring (bicyclic) bond motifs is 10. The molecule has 4 nitrogen and oxygen atoms in total. The number of nitrogens with one attached hydrogen (secondary N) is 2. The monoisotopic (exact) mass is 622 g/mol. The van der Waals surface area contributed by atoms with E-state index in [1.165, 1.54) is 0 Å². The van der Waals surface area contributed by atoms with E-state index in [1.807, 2.05) is 24.3 Å². The van der Waals surface area contributed by atoms with Crippen LogP contribution < -0.4 is 20.8 Å². The molecule has 198 valence electrons. The predicted octanol–water partition coefficient (Wildman–Crippen LogP) is 8.75. The third-order valence-corrected chi connectivity index (χ3v) is 9.59. The molecule has 0 aliphatic heterocycles. The Morgan fingerprint density at radius 3 is 1.29 bits per heavy atom. The van der Waals surface area contributed by atoms with E-state index in [9.17, 15) is 9.59 Å². The lowest BCUT2D eigenvalue weighted by Gasteiger charge is -2.14. The van der Waals surface area contributed by atoms with E-state index in [-0.39, 0.29) is 10.9 Å². The van der Waals surface area contributed by atoms with E-state index in [0.29, 0.717) is 74.2 Å². The molecule has 7 aromatic carbocycles. The Hall–Kier alpha value is -4.06. The topological polar surface area (TPSA) is 62.4 Å². The molecule has 2 heterocycles. The molecule has 9 rings (SSSR count). The Balaban J connectivity index is 1.80. The summed E-state index contributed by atoms with van der Waals surface area (Å²) in [6.07, 6.45) is 0. The van der Waals surface area contributed by atoms with Crippen LogP contribution in [0.3, 0.4) is 0 Å². The van der Waals surface area contributed by atoms with Crippen molar-refractivity contribution in [1.82, 2.24) is 0 Å². The molecule has 0 atom stereocenters. The summed E-state index contributed by atoms with van der Waals surface area (Å²) in [5, 5.41) is 9.39. The minimum absolute atomic E-state index is 0.195. The number of benzene rings is 7. The third-order valence-electron chi connectivity index (χ3n) is 8.49. The second kappa shape index (κ2) is 8.27. The van der Waals surface area contributed by atoms with Gasteiger partial charge in [0.2, 0.25) is 32.9 Å². The van der Waals surface area contributed by atoms with Crippen LogP contribution in [0.1, 0.15) is 0 Å². The van der Waals surface area contributed by atoms with Gasteiger partial charge in [-0.05, 0) is 36.4 Å². The minimum atomic E-state index is -0.195. The summed E-state index contributed by atoms with van der Waals surface area (Å²) < 4.78 is 0. The number of hydrogen-bond donors (Lipinski definition) is 0. The summed E-state index contributed by atoms with van der Waals surface area (Å²) in [7, 11) is 0. The zero-order valence-electron chi connectivity index (χ0n) is 21.3. The average molecular weight is 624 g/mol. The molecule has 0 aliphatic rings. The molecule has 0 bridgehead atoms. The summed E-state index contributed by atoms with van der Waals surface area (Å²) >= 11 is 26.7. The molecule has 0 saturated carbocycles. The fourth-order valence-electron chi connectivity index (χ4n) is 6.88. The van der Waals surface area contributed by atoms with Gasteiger partial charge >= 0.3 is 0 Å². The van der Waals surface area contributed by atoms with Crippen molar-refractivity contribution < 1.29 is 9.97 Å². The molecule has 42 heavy (non-hydrogen) atoms. The number of aromatic amines is 2. The molecular formula is C34H14Cl4N2O2+2. The summed E-state index contributed by atoms with van der Waals surface area (Å²) in [5.74, 6) is 0. The maximum Gasteiger partial charge on any atom is 0.225 e. The number of aromatic nitrogens is 2. The van der Waals surface area contributed by atoms with Crippen molar-refractivity contribution >= 4 is 133 Å². The molecule has 0 unspecified atom stereocenters. The van der Waals surface area contributed by atoms with Gasteiger partial charge in [0.1, 0.15) is 10.8 Å². The van der Waals surface area contributed by atoms with E-state index >= 15 is 0 Å². The number of pyridine rings is 2. The summed E-state index contributed by atoms with van der Waals surface area (Å²) in [6.45, 7) is 0. The molecule has 2 aromatic heterocycles. The maximum absolute atomic E-state index is 14.5. The van der Waals surface area contributed by atoms with Crippen LogP contribution in [-0.4, -0.2) is 0 Å². The molecule has 8 heteroatoms. The first kappa shape index (κ1) is 24.5. The Bertz CT molecular complexity index is 2640. The quantitative estimate of drug-likeness (QED) is 0.125. The zero-order valence-corrected chi connectivity index (χ0v) is 24.3. The molecule has 0 saturated heterocycles. The van der Waals surface area contributed by atoms with Crippen molar-refractivity contribution in [2.75, 3.05) is 0 Å². The molecule has 0 spiro atoms. The van der Waals surface area contributed by atoms with Crippen molar-refractivity contribution in [3.8, 4) is 0 Å². The van der Waals surface area contributed by atoms with Gasteiger partial charge in [-0.2, -0.15) is 0 Å². The van der Waals surface area contributed by atoms with Crippen LogP contribution in [-0.2, 0) is 0 Å². The Labute approximate surface area is 255 Å². The Morgan fingerprint density at radius 2 is 0.857 bits per heavy atom. The van der Waals surface area contributed by atoms with Gasteiger partial charge in [-0.15, -0.1) is 0 Å². The summed E-state index contributed by atoms with van der Waals surface area (Å²) in [5.41, 5.74) is 2.21. The van der Waals surface area contributed by atoms with E-state index < -0.39 is 0 Å². The van der Waals surface area contributed by atoms with Crippen LogP contribution in [0.25, 0.3) is 86.7 Å². The van der Waals surface area contributed by atoms with Gasteiger partial charge in [-0.25, -0.2) is 9.97 Å². The number of H-pyrrole nitrogens is 2. The minimum Gasteiger partial charge on any atom is -0.288 e. The smallest absolute Gasteiger partial charge is 0.225 e. The summed E-state index contributed by atoms with van der Waals surface area (Å²) in [4.78, 5) is 36.1. The van der Waals surface area contributed by atoms with Crippen molar-refractivity contribution in [2.24, 2.45) is 0 Å². The molecule has 9 aromatic rings. The van der Waals surface area contributed by atoms with Crippen LogP contribution in [0.5, 0.6) is 0 Å². The van der Waals surface area contributed by atoms with Crippen molar-refractivity contribution in [2.45, 2.75) is 0 Å². The SMILES string of the molecule is O=c1c2cccc(Cl)c2c2c3cc(Cl)ccc3[nH+]c3c4c(=O)c5cccc(Cl)c5c5c6cc(Cl)ccc6[nH+]c(c1c32)c45. The highest BCUT2D eigenvalue weighted by molar-refractivity contribution is 6.47. The van der Waals surface area contributed by atoms with Gasteiger partial charge in [0, 0.05) is 64.5 Å². The van der Waals surface area contributed by atoms with Gasteiger partial charge in [0.15, 0.2) is 0 Å². The normalized spacial score (nSPS) is 12.5. The lowest BCUT2D eigenvalue weighted by molar-refractivity contribution is -0.311. The Kier molecular flexibility index (Phi) is 4.83. The third kappa shape index (κ3) is 2.95. The lowest BCUT2D eigenvalue weighted by atomic mass is 9.87. The fraction of sp³-hybridized carbons (Fsp3) is 0. The fourth-order valence-corrected chi connectivity index (χ4v) is 7.76. The number of halogens is 4. The second-order valence-corrected chi connectivity index (χ2v) is 12.3. The van der Waals surface area contributed by atoms with E-state index in [4.69, 9.17) is 46.4 Å². The average Bonchev–Trinajstić information content (AvgIpc) is 2.97. The van der Waals surface area contributed by atoms with Crippen molar-refractivity contribution in [3.63, 3.8) is 0 Å². The highest BCUT2D eigenvalue weighted by Crippen LogP contribution is 2.45. The molecule has 2 N–H and O–H groups in total. The molecule has 0 fully saturated rings. The van der Waals surface area contributed by atoms with Gasteiger partial charge in [0.25, 0.3) is 0 Å². The van der Waals surface area contributed by atoms with E-state index in [1.54, 1.807) is 48.5 Å². The molecular weight excluding hydrogens is 610 g/mol. The van der Waals surface area contributed by atoms with Crippen LogP contribution in [0.2, 0.25) is 20.1 Å². The molecule has 0 aliphatic carbocycles. The van der Waals surface area contributed by atoms with Crippen LogP contribution >= 0.6 is 46.4 Å². The predicted molar refractivity (Wildman–Crippen MR) is 175 cm³/mol. The molecule has 0 radical (unpaired) electrons. The first-order valence-corrected chi connectivity index (χ1v) is 14.6. The first-order chi connectivity index (χ1) is 20.3. The number of hydrogen-bond acceptors (Lipinski definition) is 2. The Morgan fingerprint density at radius 1 is 0.429 bits per heavy atom. The highest BCUT2D eigenvalue weighted by atomic mass is 35.5. The standard InChI is InChI=1S/C34H12Cl4N2O2/c35-13-7-9-21-17(11-13)25-23-15(3-1-5-19(23)37)33(41)29-27(25)32(40-21)30-28-26(24-16(34(30)42)4-2-6-20(24)38)18-12-14(36)8-10-22(18)39-31(28)29/h1-12H/p+2. The van der Waals surface area contributed by atoms with Gasteiger partial charge in [0.05, 0.1) is 21.5 Å². The van der Waals surface area contributed by atoms with Crippen molar-refractivity contribution in [1.29, 1.82) is 0 Å².